The molecule has 0 aliphatic carbocycles. The minimum Gasteiger partial charge on any atom is -0.481 e. The molecule has 1 aliphatic heterocycles. The number of carboxylic acids is 1. The zero-order valence-electron chi connectivity index (χ0n) is 10.1. The van der Waals surface area contributed by atoms with Gasteiger partial charge in [0.15, 0.2) is 0 Å². The Kier molecular flexibility index (Phi) is 4.22. The average Bonchev–Trinajstić information content (AvgIpc) is 2.31. The Balaban J connectivity index is 2.28. The van der Waals surface area contributed by atoms with E-state index in [0.29, 0.717) is 5.69 Å². The number of hydrogen-bond donors (Lipinski definition) is 2. The van der Waals surface area contributed by atoms with E-state index in [1.807, 2.05) is 0 Å². The number of fused-ring (bicyclic) bond motifs is 1. The molecule has 1 aromatic carbocycles. The quantitative estimate of drug-likeness (QED) is 0.881. The third-order valence-corrected chi connectivity index (χ3v) is 4.69. The molecule has 0 saturated heterocycles. The van der Waals surface area contributed by atoms with E-state index >= 15 is 0 Å². The maximum absolute atomic E-state index is 12.0. The van der Waals surface area contributed by atoms with Crippen LogP contribution in [0.1, 0.15) is 19.3 Å². The lowest BCUT2D eigenvalue weighted by atomic mass is 10.2. The van der Waals surface area contributed by atoms with Crippen LogP contribution in [0, 0.1) is 0 Å². The van der Waals surface area contributed by atoms with E-state index in [1.54, 1.807) is 0 Å². The fourth-order valence-corrected chi connectivity index (χ4v) is 3.30. The van der Waals surface area contributed by atoms with Crippen LogP contribution >= 0.6 is 23.2 Å². The van der Waals surface area contributed by atoms with Crippen LogP contribution in [-0.2, 0) is 14.8 Å². The van der Waals surface area contributed by atoms with Crippen LogP contribution in [0.5, 0.6) is 0 Å². The molecule has 108 valence electrons. The van der Waals surface area contributed by atoms with E-state index < -0.39 is 16.0 Å². The molecule has 0 aromatic heterocycles. The van der Waals surface area contributed by atoms with Crippen molar-refractivity contribution in [1.29, 1.82) is 0 Å². The summed E-state index contributed by atoms with van der Waals surface area (Å²) in [4.78, 5) is 10.4. The van der Waals surface area contributed by atoms with Gasteiger partial charge in [0, 0.05) is 12.8 Å². The Labute approximate surface area is 125 Å². The summed E-state index contributed by atoms with van der Waals surface area (Å²) in [5.41, 5.74) is 0.291. The van der Waals surface area contributed by atoms with Crippen molar-refractivity contribution in [2.24, 2.45) is 4.40 Å². The van der Waals surface area contributed by atoms with Gasteiger partial charge in [0.2, 0.25) is 0 Å². The summed E-state index contributed by atoms with van der Waals surface area (Å²) in [6.45, 7) is 0. The normalized spacial score (nSPS) is 16.0. The standard InChI is InChI=1S/C11H10Cl2N2O4S/c12-6-4-8-9(5-7(6)13)20(18,19)15-10(14-8)2-1-3-11(16)17/h4-5H,1-3H2,(H,14,15)(H,16,17). The lowest BCUT2D eigenvalue weighted by Crippen LogP contribution is -2.21. The maximum atomic E-state index is 12.0. The van der Waals surface area contributed by atoms with Crippen molar-refractivity contribution in [2.75, 3.05) is 5.32 Å². The molecule has 20 heavy (non-hydrogen) atoms. The van der Waals surface area contributed by atoms with Gasteiger partial charge in [-0.25, -0.2) is 0 Å². The van der Waals surface area contributed by atoms with Crippen molar-refractivity contribution in [1.82, 2.24) is 0 Å². The number of rotatable bonds is 4. The second-order valence-electron chi connectivity index (χ2n) is 4.15. The molecule has 0 unspecified atom stereocenters. The lowest BCUT2D eigenvalue weighted by molar-refractivity contribution is -0.137. The van der Waals surface area contributed by atoms with Crippen LogP contribution in [-0.4, -0.2) is 25.3 Å². The number of hydrogen-bond acceptors (Lipinski definition) is 4. The van der Waals surface area contributed by atoms with Crippen LogP contribution in [0.4, 0.5) is 5.69 Å². The number of carbonyl (C=O) groups is 1. The van der Waals surface area contributed by atoms with E-state index in [0.717, 1.165) is 0 Å². The molecule has 0 saturated carbocycles. The van der Waals surface area contributed by atoms with Gasteiger partial charge in [-0.1, -0.05) is 23.2 Å². The van der Waals surface area contributed by atoms with Crippen LogP contribution < -0.4 is 5.32 Å². The third kappa shape index (κ3) is 3.23. The molecular formula is C11H10Cl2N2O4S. The number of anilines is 1. The van der Waals surface area contributed by atoms with E-state index in [9.17, 15) is 13.2 Å². The molecule has 1 aliphatic rings. The van der Waals surface area contributed by atoms with Gasteiger partial charge in [-0.05, 0) is 18.6 Å². The van der Waals surface area contributed by atoms with Gasteiger partial charge in [-0.3, -0.25) is 4.79 Å². The number of amidine groups is 1. The summed E-state index contributed by atoms with van der Waals surface area (Å²) in [6, 6.07) is 2.64. The SMILES string of the molecule is O=C(O)CCCC1=NS(=O)(=O)c2cc(Cl)c(Cl)cc2N1. The van der Waals surface area contributed by atoms with E-state index in [-0.39, 0.29) is 40.0 Å². The predicted octanol–water partition coefficient (Wildman–Crippen LogP) is 2.76. The average molecular weight is 337 g/mol. The smallest absolute Gasteiger partial charge is 0.303 e. The van der Waals surface area contributed by atoms with Gasteiger partial charge >= 0.3 is 5.97 Å². The summed E-state index contributed by atoms with van der Waals surface area (Å²) in [5, 5.41) is 11.7. The Morgan fingerprint density at radius 3 is 2.60 bits per heavy atom. The van der Waals surface area contributed by atoms with Crippen molar-refractivity contribution < 1.29 is 18.3 Å². The summed E-state index contributed by atoms with van der Waals surface area (Å²) in [6.07, 6.45) is 0.438. The first kappa shape index (κ1) is 15.1. The fourth-order valence-electron chi connectivity index (χ4n) is 1.73. The van der Waals surface area contributed by atoms with Crippen LogP contribution in [0.2, 0.25) is 10.0 Å². The minimum absolute atomic E-state index is 0.0473. The predicted molar refractivity (Wildman–Crippen MR) is 76.2 cm³/mol. The molecule has 0 spiro atoms. The number of halogens is 2. The van der Waals surface area contributed by atoms with E-state index in [2.05, 4.69) is 9.71 Å². The zero-order valence-corrected chi connectivity index (χ0v) is 12.4. The van der Waals surface area contributed by atoms with Crippen molar-refractivity contribution >= 4 is 50.7 Å². The highest BCUT2D eigenvalue weighted by Crippen LogP contribution is 2.35. The number of carboxylic acid groups (broad SMARTS) is 1. The largest absolute Gasteiger partial charge is 0.481 e. The monoisotopic (exact) mass is 336 g/mol. The Hall–Kier alpha value is -1.31. The molecule has 0 atom stereocenters. The van der Waals surface area contributed by atoms with E-state index in [1.165, 1.54) is 12.1 Å². The molecule has 0 fully saturated rings. The molecule has 0 amide bonds. The molecule has 9 heteroatoms. The van der Waals surface area contributed by atoms with Gasteiger partial charge in [-0.15, -0.1) is 4.40 Å². The second-order valence-corrected chi connectivity index (χ2v) is 6.53. The third-order valence-electron chi connectivity index (χ3n) is 2.61. The number of benzene rings is 1. The maximum Gasteiger partial charge on any atom is 0.303 e. The molecule has 1 aromatic rings. The topological polar surface area (TPSA) is 95.8 Å². The summed E-state index contributed by atoms with van der Waals surface area (Å²) >= 11 is 11.6. The molecule has 0 radical (unpaired) electrons. The van der Waals surface area contributed by atoms with Gasteiger partial charge < -0.3 is 10.4 Å². The molecule has 2 rings (SSSR count). The highest BCUT2D eigenvalue weighted by atomic mass is 35.5. The highest BCUT2D eigenvalue weighted by molar-refractivity contribution is 7.90. The van der Waals surface area contributed by atoms with E-state index in [4.69, 9.17) is 28.3 Å². The molecule has 0 bridgehead atoms. The van der Waals surface area contributed by atoms with Gasteiger partial charge in [-0.2, -0.15) is 8.42 Å². The number of sulfonamides is 1. The number of nitrogens with zero attached hydrogens (tertiary/aromatic N) is 1. The Morgan fingerprint density at radius 2 is 1.95 bits per heavy atom. The van der Waals surface area contributed by atoms with Crippen molar-refractivity contribution in [3.05, 3.63) is 22.2 Å². The summed E-state index contributed by atoms with van der Waals surface area (Å²) in [7, 11) is -3.85. The highest BCUT2D eigenvalue weighted by Gasteiger charge is 2.26. The first-order valence-electron chi connectivity index (χ1n) is 5.61. The first-order valence-corrected chi connectivity index (χ1v) is 7.81. The van der Waals surface area contributed by atoms with Crippen molar-refractivity contribution in [2.45, 2.75) is 24.2 Å². The summed E-state index contributed by atoms with van der Waals surface area (Å²) < 4.78 is 27.6. The van der Waals surface area contributed by atoms with Gasteiger partial charge in [0.05, 0.1) is 15.7 Å². The molecular weight excluding hydrogens is 327 g/mol. The lowest BCUT2D eigenvalue weighted by Gasteiger charge is -2.18. The van der Waals surface area contributed by atoms with Crippen LogP contribution in [0.3, 0.4) is 0 Å². The first-order chi connectivity index (χ1) is 9.29. The second kappa shape index (κ2) is 5.59. The Morgan fingerprint density at radius 1 is 1.30 bits per heavy atom. The van der Waals surface area contributed by atoms with Gasteiger partial charge in [0.1, 0.15) is 10.7 Å². The van der Waals surface area contributed by atoms with Gasteiger partial charge in [0.25, 0.3) is 10.0 Å². The van der Waals surface area contributed by atoms with Crippen molar-refractivity contribution in [3.63, 3.8) is 0 Å². The summed E-state index contributed by atoms with van der Waals surface area (Å²) in [5.74, 6) is -0.753. The number of nitrogens with one attached hydrogen (secondary N) is 1. The minimum atomic E-state index is -3.85. The van der Waals surface area contributed by atoms with Crippen LogP contribution in [0.15, 0.2) is 21.4 Å². The fraction of sp³-hybridized carbons (Fsp3) is 0.273. The van der Waals surface area contributed by atoms with Crippen molar-refractivity contribution in [3.8, 4) is 0 Å². The molecule has 2 N–H and O–H groups in total. The Bertz CT molecular complexity index is 701. The zero-order chi connectivity index (χ0) is 14.9. The van der Waals surface area contributed by atoms with Crippen LogP contribution in [0.25, 0.3) is 0 Å². The molecule has 1 heterocycles. The molecule has 6 nitrogen and oxygen atoms in total. The number of aliphatic carboxylic acids is 1.